The molecule has 0 aliphatic carbocycles. The lowest BCUT2D eigenvalue weighted by Crippen LogP contribution is -2.18. The molecule has 4 rings (SSSR count). The first-order valence-corrected chi connectivity index (χ1v) is 9.66. The highest BCUT2D eigenvalue weighted by Gasteiger charge is 2.26. The van der Waals surface area contributed by atoms with E-state index in [1.54, 1.807) is 0 Å². The third-order valence-corrected chi connectivity index (χ3v) is 5.12. The Morgan fingerprint density at radius 3 is 2.87 bits per heavy atom. The molecule has 0 saturated carbocycles. The number of nitrogens with two attached hydrogens (primary N) is 1. The minimum absolute atomic E-state index is 0.0412. The molecule has 1 aliphatic heterocycles. The van der Waals surface area contributed by atoms with Gasteiger partial charge in [-0.25, -0.2) is 13.8 Å². The molecule has 0 bridgehead atoms. The number of carbonyl (C=O) groups excluding carboxylic acids is 1. The summed E-state index contributed by atoms with van der Waals surface area (Å²) in [4.78, 5) is 15.6. The maximum Gasteiger partial charge on any atom is 0.254 e. The molecule has 0 radical (unpaired) electrons. The van der Waals surface area contributed by atoms with Gasteiger partial charge in [0.25, 0.3) is 5.91 Å². The molecular formula is C20H15BrF2N2O5. The predicted octanol–water partition coefficient (Wildman–Crippen LogP) is 3.53. The molecule has 1 aromatic heterocycles. The minimum Gasteiger partial charge on any atom is -0.493 e. The number of primary amides is 1. The zero-order valence-corrected chi connectivity index (χ0v) is 16.9. The number of benzene rings is 2. The molecule has 1 unspecified atom stereocenters. The number of hydrogen-bond donors (Lipinski definition) is 2. The second-order valence-corrected chi connectivity index (χ2v) is 7.20. The summed E-state index contributed by atoms with van der Waals surface area (Å²) < 4.78 is 44.9. The van der Waals surface area contributed by atoms with Gasteiger partial charge < -0.3 is 24.7 Å². The van der Waals surface area contributed by atoms with Crippen molar-refractivity contribution in [1.82, 2.24) is 4.98 Å². The summed E-state index contributed by atoms with van der Waals surface area (Å²) in [6.45, 7) is -0.00584. The minimum atomic E-state index is -1.28. The van der Waals surface area contributed by atoms with Crippen molar-refractivity contribution < 1.29 is 32.6 Å². The lowest BCUT2D eigenvalue weighted by molar-refractivity contribution is 0.0880. The Labute approximate surface area is 177 Å². The number of aromatic nitrogens is 1. The summed E-state index contributed by atoms with van der Waals surface area (Å²) in [5, 5.41) is 9.72. The molecule has 2 aromatic carbocycles. The predicted molar refractivity (Wildman–Crippen MR) is 104 cm³/mol. The molecule has 1 atom stereocenters. The van der Waals surface area contributed by atoms with Gasteiger partial charge in [0.15, 0.2) is 22.3 Å². The topological polar surface area (TPSA) is 108 Å². The van der Waals surface area contributed by atoms with Crippen LogP contribution in [0.15, 0.2) is 39.4 Å². The highest BCUT2D eigenvalue weighted by Crippen LogP contribution is 2.36. The van der Waals surface area contributed by atoms with Crippen molar-refractivity contribution in [3.8, 4) is 22.8 Å². The van der Waals surface area contributed by atoms with Crippen LogP contribution in [-0.2, 0) is 6.42 Å². The summed E-state index contributed by atoms with van der Waals surface area (Å²) >= 11 is 3.29. The van der Waals surface area contributed by atoms with Gasteiger partial charge in [0.2, 0.25) is 5.89 Å². The number of nitrogens with zero attached hydrogens (tertiary/aromatic N) is 1. The summed E-state index contributed by atoms with van der Waals surface area (Å²) in [6, 6.07) is 7.39. The number of oxazole rings is 1. The SMILES string of the molecule is NC(=O)c1c(F)ccc(OC(CO)c2nc(-c3ccc4c(c3)CCO4)c(Br)o2)c1F. The molecule has 2 heterocycles. The van der Waals surface area contributed by atoms with Crippen LogP contribution in [0.2, 0.25) is 0 Å². The van der Waals surface area contributed by atoms with Crippen LogP contribution < -0.4 is 15.2 Å². The largest absolute Gasteiger partial charge is 0.493 e. The number of amides is 1. The van der Waals surface area contributed by atoms with Crippen LogP contribution in [0.3, 0.4) is 0 Å². The van der Waals surface area contributed by atoms with Gasteiger partial charge in [-0.1, -0.05) is 0 Å². The van der Waals surface area contributed by atoms with E-state index in [0.29, 0.717) is 12.3 Å². The number of rotatable bonds is 6. The lowest BCUT2D eigenvalue weighted by Gasteiger charge is -2.15. The van der Waals surface area contributed by atoms with E-state index in [4.69, 9.17) is 19.6 Å². The van der Waals surface area contributed by atoms with Crippen LogP contribution >= 0.6 is 15.9 Å². The smallest absolute Gasteiger partial charge is 0.254 e. The lowest BCUT2D eigenvalue weighted by atomic mass is 10.1. The molecule has 3 N–H and O–H groups in total. The van der Waals surface area contributed by atoms with Crippen molar-refractivity contribution in [2.75, 3.05) is 13.2 Å². The molecule has 7 nitrogen and oxygen atoms in total. The zero-order chi connectivity index (χ0) is 21.4. The zero-order valence-electron chi connectivity index (χ0n) is 15.3. The summed E-state index contributed by atoms with van der Waals surface area (Å²) in [7, 11) is 0. The average Bonchev–Trinajstić information content (AvgIpc) is 3.33. The molecule has 0 fully saturated rings. The summed E-state index contributed by atoms with van der Waals surface area (Å²) in [5.41, 5.74) is 6.33. The van der Waals surface area contributed by atoms with Crippen LogP contribution in [0.25, 0.3) is 11.3 Å². The fourth-order valence-corrected chi connectivity index (χ4v) is 3.62. The van der Waals surface area contributed by atoms with E-state index in [1.807, 2.05) is 18.2 Å². The fraction of sp³-hybridized carbons (Fsp3) is 0.200. The molecule has 1 aliphatic rings. The van der Waals surface area contributed by atoms with E-state index < -0.39 is 41.6 Å². The van der Waals surface area contributed by atoms with Crippen LogP contribution in [-0.4, -0.2) is 29.2 Å². The van der Waals surface area contributed by atoms with Crippen LogP contribution in [0, 0.1) is 11.6 Å². The Balaban J connectivity index is 1.65. The van der Waals surface area contributed by atoms with Crippen molar-refractivity contribution in [3.05, 3.63) is 63.7 Å². The molecule has 30 heavy (non-hydrogen) atoms. The Morgan fingerprint density at radius 2 is 2.13 bits per heavy atom. The van der Waals surface area contributed by atoms with Crippen molar-refractivity contribution in [3.63, 3.8) is 0 Å². The third kappa shape index (κ3) is 3.63. The molecule has 0 saturated heterocycles. The number of aliphatic hydroxyl groups excluding tert-OH is 1. The van der Waals surface area contributed by atoms with Crippen molar-refractivity contribution in [2.45, 2.75) is 12.5 Å². The van der Waals surface area contributed by atoms with Crippen molar-refractivity contribution in [1.29, 1.82) is 0 Å². The maximum atomic E-state index is 14.5. The Morgan fingerprint density at radius 1 is 1.33 bits per heavy atom. The number of carbonyl (C=O) groups is 1. The van der Waals surface area contributed by atoms with E-state index in [2.05, 4.69) is 20.9 Å². The first kappa shape index (κ1) is 20.3. The Kier molecular flexibility index (Phi) is 5.44. The monoisotopic (exact) mass is 480 g/mol. The van der Waals surface area contributed by atoms with Gasteiger partial charge in [0.1, 0.15) is 22.8 Å². The van der Waals surface area contributed by atoms with E-state index in [-0.39, 0.29) is 10.6 Å². The molecular weight excluding hydrogens is 466 g/mol. The van der Waals surface area contributed by atoms with Gasteiger partial charge in [-0.15, -0.1) is 0 Å². The van der Waals surface area contributed by atoms with E-state index in [1.165, 1.54) is 0 Å². The number of ether oxygens (including phenoxy) is 2. The van der Waals surface area contributed by atoms with Crippen LogP contribution in [0.4, 0.5) is 8.78 Å². The van der Waals surface area contributed by atoms with Gasteiger partial charge in [-0.05, 0) is 51.8 Å². The van der Waals surface area contributed by atoms with Crippen LogP contribution in [0.1, 0.15) is 27.9 Å². The number of aliphatic hydroxyl groups is 1. The van der Waals surface area contributed by atoms with Gasteiger partial charge in [-0.2, -0.15) is 0 Å². The normalized spacial score (nSPS) is 13.6. The number of fused-ring (bicyclic) bond motifs is 1. The Hall–Kier alpha value is -2.98. The van der Waals surface area contributed by atoms with Crippen LogP contribution in [0.5, 0.6) is 11.5 Å². The number of hydrogen-bond acceptors (Lipinski definition) is 6. The molecule has 1 amide bonds. The van der Waals surface area contributed by atoms with Crippen molar-refractivity contribution in [2.24, 2.45) is 5.73 Å². The summed E-state index contributed by atoms with van der Waals surface area (Å²) in [6.07, 6.45) is -0.437. The van der Waals surface area contributed by atoms with Gasteiger partial charge >= 0.3 is 0 Å². The van der Waals surface area contributed by atoms with E-state index in [9.17, 15) is 18.7 Å². The Bertz CT molecular complexity index is 1130. The average molecular weight is 481 g/mol. The molecule has 156 valence electrons. The molecule has 0 spiro atoms. The maximum absolute atomic E-state index is 14.5. The first-order valence-electron chi connectivity index (χ1n) is 8.86. The van der Waals surface area contributed by atoms with Crippen molar-refractivity contribution >= 4 is 21.8 Å². The third-order valence-electron chi connectivity index (χ3n) is 4.58. The number of halogens is 3. The highest BCUT2D eigenvalue weighted by atomic mass is 79.9. The van der Waals surface area contributed by atoms with Gasteiger partial charge in [-0.3, -0.25) is 4.79 Å². The van der Waals surface area contributed by atoms with E-state index >= 15 is 0 Å². The molecule has 3 aromatic rings. The molecule has 10 heteroatoms. The van der Waals surface area contributed by atoms with Gasteiger partial charge in [0.05, 0.1) is 13.2 Å². The first-order chi connectivity index (χ1) is 14.4. The quantitative estimate of drug-likeness (QED) is 0.558. The summed E-state index contributed by atoms with van der Waals surface area (Å²) in [5.74, 6) is -3.37. The van der Waals surface area contributed by atoms with Gasteiger partial charge in [0, 0.05) is 12.0 Å². The fourth-order valence-electron chi connectivity index (χ4n) is 3.14. The highest BCUT2D eigenvalue weighted by molar-refractivity contribution is 9.10. The van der Waals surface area contributed by atoms with E-state index in [0.717, 1.165) is 35.4 Å². The standard InChI is InChI=1S/C20H15BrF2N2O5/c21-18-17(10-1-3-12-9(7-10)5-6-28-12)25-20(30-18)14(8-26)29-13-4-2-11(22)15(16(13)23)19(24)27/h1-4,7,14,26H,5-6,8H2,(H2,24,27). The second-order valence-electron chi connectivity index (χ2n) is 6.48. The second kappa shape index (κ2) is 8.04.